The van der Waals surface area contributed by atoms with Gasteiger partial charge in [0.25, 0.3) is 5.91 Å². The molecule has 0 aliphatic carbocycles. The third-order valence-electron chi connectivity index (χ3n) is 5.26. The Balaban J connectivity index is 1.58. The van der Waals surface area contributed by atoms with E-state index >= 15 is 0 Å². The Labute approximate surface area is 148 Å². The smallest absolute Gasteiger partial charge is 0.270 e. The first-order valence-electron chi connectivity index (χ1n) is 9.25. The van der Waals surface area contributed by atoms with E-state index < -0.39 is 0 Å². The quantitative estimate of drug-likeness (QED) is 0.877. The molecule has 1 aliphatic heterocycles. The first-order chi connectivity index (χ1) is 12.1. The summed E-state index contributed by atoms with van der Waals surface area (Å²) in [6.07, 6.45) is 2.72. The molecule has 0 radical (unpaired) electrons. The van der Waals surface area contributed by atoms with Crippen LogP contribution in [0.25, 0.3) is 10.9 Å². The summed E-state index contributed by atoms with van der Waals surface area (Å²) in [7, 11) is 0. The number of fused-ring (bicyclic) bond motifs is 1. The van der Waals surface area contributed by atoms with Gasteiger partial charge in [-0.05, 0) is 37.3 Å². The Bertz CT molecular complexity index is 711. The normalized spacial score (nSPS) is 16.8. The molecule has 0 spiro atoms. The number of carbonyl (C=O) groups excluding carboxylic acids is 2. The highest BCUT2D eigenvalue weighted by Gasteiger charge is 2.30. The number of para-hydroxylation sites is 1. The van der Waals surface area contributed by atoms with Gasteiger partial charge in [0.2, 0.25) is 5.91 Å². The van der Waals surface area contributed by atoms with Crippen LogP contribution in [-0.2, 0) is 4.79 Å². The van der Waals surface area contributed by atoms with Crippen molar-refractivity contribution in [1.29, 1.82) is 0 Å². The summed E-state index contributed by atoms with van der Waals surface area (Å²) in [5, 5.41) is 4.04. The number of amides is 2. The van der Waals surface area contributed by atoms with E-state index in [2.05, 4.69) is 17.2 Å². The van der Waals surface area contributed by atoms with Crippen molar-refractivity contribution in [3.8, 4) is 0 Å². The van der Waals surface area contributed by atoms with E-state index in [9.17, 15) is 9.59 Å². The number of aromatic nitrogens is 1. The second-order valence-corrected chi connectivity index (χ2v) is 6.98. The standard InChI is InChI=1S/C20H27N3O2/c1-3-10-21-19(24)14(2)15-8-11-23(12-9-15)20(25)18-13-16-6-4-5-7-17(16)22-18/h4-7,13-15,22H,3,8-12H2,1-2H3,(H,21,24)/t14-/m0/s1. The molecule has 1 aromatic heterocycles. The van der Waals surface area contributed by atoms with Crippen LogP contribution in [0.4, 0.5) is 0 Å². The van der Waals surface area contributed by atoms with Crippen LogP contribution < -0.4 is 5.32 Å². The zero-order valence-electron chi connectivity index (χ0n) is 15.0. The molecule has 0 unspecified atom stereocenters. The molecular weight excluding hydrogens is 314 g/mol. The van der Waals surface area contributed by atoms with Crippen molar-refractivity contribution >= 4 is 22.7 Å². The van der Waals surface area contributed by atoms with Crippen molar-refractivity contribution in [2.75, 3.05) is 19.6 Å². The van der Waals surface area contributed by atoms with E-state index in [1.807, 2.05) is 42.2 Å². The van der Waals surface area contributed by atoms with Crippen molar-refractivity contribution in [2.24, 2.45) is 11.8 Å². The van der Waals surface area contributed by atoms with E-state index in [1.165, 1.54) is 0 Å². The van der Waals surface area contributed by atoms with Crippen molar-refractivity contribution in [2.45, 2.75) is 33.1 Å². The number of rotatable bonds is 5. The van der Waals surface area contributed by atoms with Gasteiger partial charge in [0.1, 0.15) is 5.69 Å². The molecule has 5 heteroatoms. The number of H-pyrrole nitrogens is 1. The SMILES string of the molecule is CCCNC(=O)[C@@H](C)C1CCN(C(=O)c2cc3ccccc3[nH]2)CC1. The molecule has 2 heterocycles. The number of benzene rings is 1. The van der Waals surface area contributed by atoms with Gasteiger partial charge in [-0.15, -0.1) is 0 Å². The molecule has 1 saturated heterocycles. The van der Waals surface area contributed by atoms with Gasteiger partial charge in [-0.25, -0.2) is 0 Å². The van der Waals surface area contributed by atoms with Crippen LogP contribution in [0.3, 0.4) is 0 Å². The molecular formula is C20H27N3O2. The molecule has 1 atom stereocenters. The fourth-order valence-electron chi connectivity index (χ4n) is 3.58. The van der Waals surface area contributed by atoms with Gasteiger partial charge < -0.3 is 15.2 Å². The third kappa shape index (κ3) is 3.86. The predicted octanol–water partition coefficient (Wildman–Crippen LogP) is 3.18. The maximum atomic E-state index is 12.7. The van der Waals surface area contributed by atoms with Gasteiger partial charge in [-0.3, -0.25) is 9.59 Å². The molecule has 5 nitrogen and oxygen atoms in total. The Morgan fingerprint density at radius 3 is 2.68 bits per heavy atom. The number of aromatic amines is 1. The van der Waals surface area contributed by atoms with Gasteiger partial charge >= 0.3 is 0 Å². The molecule has 2 amide bonds. The molecule has 0 saturated carbocycles. The van der Waals surface area contributed by atoms with Crippen LogP contribution in [0.1, 0.15) is 43.6 Å². The fraction of sp³-hybridized carbons (Fsp3) is 0.500. The van der Waals surface area contributed by atoms with Crippen LogP contribution >= 0.6 is 0 Å². The Morgan fingerprint density at radius 1 is 1.28 bits per heavy atom. The van der Waals surface area contributed by atoms with Crippen LogP contribution in [0.5, 0.6) is 0 Å². The molecule has 2 aromatic rings. The van der Waals surface area contributed by atoms with E-state index in [-0.39, 0.29) is 17.7 Å². The van der Waals surface area contributed by atoms with Gasteiger partial charge in [0, 0.05) is 36.5 Å². The number of nitrogens with one attached hydrogen (secondary N) is 2. The number of nitrogens with zero attached hydrogens (tertiary/aromatic N) is 1. The van der Waals surface area contributed by atoms with Crippen LogP contribution in [0.2, 0.25) is 0 Å². The Morgan fingerprint density at radius 2 is 2.00 bits per heavy atom. The minimum absolute atomic E-state index is 0.0110. The molecule has 2 N–H and O–H groups in total. The molecule has 0 bridgehead atoms. The summed E-state index contributed by atoms with van der Waals surface area (Å²) >= 11 is 0. The fourth-order valence-corrected chi connectivity index (χ4v) is 3.58. The summed E-state index contributed by atoms with van der Waals surface area (Å²) in [5.74, 6) is 0.556. The van der Waals surface area contributed by atoms with E-state index in [0.29, 0.717) is 24.7 Å². The number of piperidine rings is 1. The lowest BCUT2D eigenvalue weighted by Crippen LogP contribution is -2.42. The first kappa shape index (κ1) is 17.5. The van der Waals surface area contributed by atoms with Crippen LogP contribution in [0.15, 0.2) is 30.3 Å². The highest BCUT2D eigenvalue weighted by molar-refractivity contribution is 5.98. The zero-order chi connectivity index (χ0) is 17.8. The number of carbonyl (C=O) groups is 2. The molecule has 1 aliphatic rings. The van der Waals surface area contributed by atoms with Crippen molar-refractivity contribution in [3.05, 3.63) is 36.0 Å². The van der Waals surface area contributed by atoms with Crippen molar-refractivity contribution in [3.63, 3.8) is 0 Å². The zero-order valence-corrected chi connectivity index (χ0v) is 15.0. The van der Waals surface area contributed by atoms with Crippen LogP contribution in [-0.4, -0.2) is 41.3 Å². The molecule has 1 aromatic carbocycles. The summed E-state index contributed by atoms with van der Waals surface area (Å²) in [4.78, 5) is 30.0. The lowest BCUT2D eigenvalue weighted by Gasteiger charge is -2.34. The minimum Gasteiger partial charge on any atom is -0.356 e. The topological polar surface area (TPSA) is 65.2 Å². The van der Waals surface area contributed by atoms with E-state index in [0.717, 1.165) is 36.7 Å². The number of hydrogen-bond donors (Lipinski definition) is 2. The van der Waals surface area contributed by atoms with Gasteiger partial charge in [0.15, 0.2) is 0 Å². The van der Waals surface area contributed by atoms with Gasteiger partial charge in [-0.1, -0.05) is 32.0 Å². The average molecular weight is 341 g/mol. The highest BCUT2D eigenvalue weighted by Crippen LogP contribution is 2.26. The summed E-state index contributed by atoms with van der Waals surface area (Å²) in [6, 6.07) is 9.84. The largest absolute Gasteiger partial charge is 0.356 e. The van der Waals surface area contributed by atoms with E-state index in [4.69, 9.17) is 0 Å². The number of likely N-dealkylation sites (tertiary alicyclic amines) is 1. The maximum Gasteiger partial charge on any atom is 0.270 e. The molecule has 25 heavy (non-hydrogen) atoms. The average Bonchev–Trinajstić information content (AvgIpc) is 3.09. The second-order valence-electron chi connectivity index (χ2n) is 6.98. The summed E-state index contributed by atoms with van der Waals surface area (Å²) in [5.41, 5.74) is 1.63. The highest BCUT2D eigenvalue weighted by atomic mass is 16.2. The molecule has 1 fully saturated rings. The summed E-state index contributed by atoms with van der Waals surface area (Å²) < 4.78 is 0. The lowest BCUT2D eigenvalue weighted by molar-refractivity contribution is -0.126. The Hall–Kier alpha value is -2.30. The first-order valence-corrected chi connectivity index (χ1v) is 9.25. The number of hydrogen-bond acceptors (Lipinski definition) is 2. The second kappa shape index (κ2) is 7.72. The monoisotopic (exact) mass is 341 g/mol. The Kier molecular flexibility index (Phi) is 5.41. The summed E-state index contributed by atoms with van der Waals surface area (Å²) in [6.45, 7) is 6.22. The van der Waals surface area contributed by atoms with Crippen LogP contribution in [0, 0.1) is 11.8 Å². The van der Waals surface area contributed by atoms with Gasteiger partial charge in [-0.2, -0.15) is 0 Å². The van der Waals surface area contributed by atoms with Gasteiger partial charge in [0.05, 0.1) is 0 Å². The van der Waals surface area contributed by atoms with Crippen molar-refractivity contribution < 1.29 is 9.59 Å². The third-order valence-corrected chi connectivity index (χ3v) is 5.26. The lowest BCUT2D eigenvalue weighted by atomic mass is 9.84. The van der Waals surface area contributed by atoms with E-state index in [1.54, 1.807) is 0 Å². The van der Waals surface area contributed by atoms with Crippen molar-refractivity contribution in [1.82, 2.24) is 15.2 Å². The maximum absolute atomic E-state index is 12.7. The minimum atomic E-state index is 0.0110. The molecule has 134 valence electrons. The predicted molar refractivity (Wildman–Crippen MR) is 99.4 cm³/mol. The molecule has 3 rings (SSSR count).